The standard InChI is InChI=1S/C30H28N2O.ClH/c1-2-7-23-16-21(12-13-22(23)6-1)20-33-30-19-31-15-14-27(30)24-9-5-10-25(17-24)29-18-26-8-3-4-11-28(26)32-29;/h1-13,16-18,27,30-32H,14-15,19-20H2;1H/t27-,30+;/m1./s1. The van der Waals surface area contributed by atoms with E-state index in [2.05, 4.69) is 107 Å². The molecule has 4 heteroatoms. The molecule has 0 saturated carbocycles. The van der Waals surface area contributed by atoms with E-state index in [-0.39, 0.29) is 18.5 Å². The molecule has 34 heavy (non-hydrogen) atoms. The zero-order valence-electron chi connectivity index (χ0n) is 19.0. The van der Waals surface area contributed by atoms with E-state index in [1.165, 1.54) is 44.1 Å². The number of H-pyrrole nitrogens is 1. The lowest BCUT2D eigenvalue weighted by molar-refractivity contribution is 0.0107. The second kappa shape index (κ2) is 10.0. The number of piperidine rings is 1. The lowest BCUT2D eigenvalue weighted by Crippen LogP contribution is -2.41. The molecule has 2 N–H and O–H groups in total. The van der Waals surface area contributed by atoms with Gasteiger partial charge in [-0.15, -0.1) is 12.4 Å². The molecule has 5 aromatic rings. The van der Waals surface area contributed by atoms with Crippen LogP contribution in [0.4, 0.5) is 0 Å². The van der Waals surface area contributed by atoms with Crippen molar-refractivity contribution < 1.29 is 4.74 Å². The minimum Gasteiger partial charge on any atom is -0.372 e. The van der Waals surface area contributed by atoms with Crippen molar-refractivity contribution in [1.29, 1.82) is 0 Å². The first-order chi connectivity index (χ1) is 16.3. The van der Waals surface area contributed by atoms with Crippen LogP contribution in [0.3, 0.4) is 0 Å². The molecule has 1 saturated heterocycles. The highest BCUT2D eigenvalue weighted by molar-refractivity contribution is 5.86. The third-order valence-corrected chi connectivity index (χ3v) is 6.86. The Hall–Kier alpha value is -3.11. The van der Waals surface area contributed by atoms with Crippen LogP contribution >= 0.6 is 12.4 Å². The maximum Gasteiger partial charge on any atom is 0.0772 e. The largest absolute Gasteiger partial charge is 0.372 e. The average Bonchev–Trinajstić information content (AvgIpc) is 3.32. The highest BCUT2D eigenvalue weighted by Crippen LogP contribution is 2.32. The maximum atomic E-state index is 6.51. The van der Waals surface area contributed by atoms with Gasteiger partial charge in [0, 0.05) is 29.1 Å². The second-order valence-electron chi connectivity index (χ2n) is 9.03. The molecule has 2 atom stereocenters. The quantitative estimate of drug-likeness (QED) is 0.289. The minimum atomic E-state index is 0. The summed E-state index contributed by atoms with van der Waals surface area (Å²) in [6, 6.07) is 34.8. The van der Waals surface area contributed by atoms with E-state index in [1.54, 1.807) is 0 Å². The summed E-state index contributed by atoms with van der Waals surface area (Å²) in [5.41, 5.74) is 6.16. The molecular weight excluding hydrogens is 440 g/mol. The summed E-state index contributed by atoms with van der Waals surface area (Å²) < 4.78 is 6.51. The number of fused-ring (bicyclic) bond motifs is 2. The summed E-state index contributed by atoms with van der Waals surface area (Å²) in [5, 5.41) is 7.32. The fourth-order valence-corrected chi connectivity index (χ4v) is 5.08. The number of benzene rings is 4. The Morgan fingerprint density at radius 2 is 1.59 bits per heavy atom. The van der Waals surface area contributed by atoms with Gasteiger partial charge in [0.1, 0.15) is 0 Å². The first-order valence-corrected chi connectivity index (χ1v) is 11.8. The minimum absolute atomic E-state index is 0. The van der Waals surface area contributed by atoms with Crippen molar-refractivity contribution in [3.05, 3.63) is 108 Å². The molecular formula is C30H29ClN2O. The molecule has 0 unspecified atom stereocenters. The van der Waals surface area contributed by atoms with Crippen molar-refractivity contribution >= 4 is 34.1 Å². The van der Waals surface area contributed by atoms with Gasteiger partial charge in [0.2, 0.25) is 0 Å². The summed E-state index contributed by atoms with van der Waals surface area (Å²) in [4.78, 5) is 3.57. The second-order valence-corrected chi connectivity index (χ2v) is 9.03. The molecule has 0 spiro atoms. The van der Waals surface area contributed by atoms with E-state index in [1.807, 2.05) is 0 Å². The number of halogens is 1. The van der Waals surface area contributed by atoms with Crippen molar-refractivity contribution in [2.75, 3.05) is 13.1 Å². The molecule has 4 aromatic carbocycles. The lowest BCUT2D eigenvalue weighted by Gasteiger charge is -2.32. The predicted octanol–water partition coefficient (Wildman–Crippen LogP) is 7.07. The fraction of sp³-hybridized carbons (Fsp3) is 0.200. The van der Waals surface area contributed by atoms with Crippen LogP contribution in [-0.2, 0) is 11.3 Å². The topological polar surface area (TPSA) is 37.0 Å². The Labute approximate surface area is 206 Å². The first kappa shape index (κ1) is 22.7. The van der Waals surface area contributed by atoms with E-state index < -0.39 is 0 Å². The molecule has 0 radical (unpaired) electrons. The first-order valence-electron chi connectivity index (χ1n) is 11.8. The normalized spacial score (nSPS) is 18.1. The molecule has 0 aliphatic carbocycles. The Kier molecular flexibility index (Phi) is 6.68. The number of hydrogen-bond acceptors (Lipinski definition) is 2. The Balaban J connectivity index is 0.00000241. The summed E-state index contributed by atoms with van der Waals surface area (Å²) in [5.74, 6) is 0.385. The van der Waals surface area contributed by atoms with Crippen LogP contribution in [0.5, 0.6) is 0 Å². The van der Waals surface area contributed by atoms with Crippen molar-refractivity contribution in [3.63, 3.8) is 0 Å². The summed E-state index contributed by atoms with van der Waals surface area (Å²) >= 11 is 0. The molecule has 1 aliphatic heterocycles. The van der Waals surface area contributed by atoms with Crippen molar-refractivity contribution in [2.24, 2.45) is 0 Å². The zero-order chi connectivity index (χ0) is 22.0. The Morgan fingerprint density at radius 1 is 0.765 bits per heavy atom. The maximum absolute atomic E-state index is 6.51. The molecule has 6 rings (SSSR count). The highest BCUT2D eigenvalue weighted by atomic mass is 35.5. The third kappa shape index (κ3) is 4.60. The van der Waals surface area contributed by atoms with Gasteiger partial charge in [-0.2, -0.15) is 0 Å². The van der Waals surface area contributed by atoms with Crippen molar-refractivity contribution in [1.82, 2.24) is 10.3 Å². The van der Waals surface area contributed by atoms with E-state index >= 15 is 0 Å². The van der Waals surface area contributed by atoms with Crippen LogP contribution in [0.25, 0.3) is 32.9 Å². The fourth-order valence-electron chi connectivity index (χ4n) is 5.08. The van der Waals surface area contributed by atoms with Gasteiger partial charge >= 0.3 is 0 Å². The van der Waals surface area contributed by atoms with Crippen LogP contribution in [0, 0.1) is 0 Å². The van der Waals surface area contributed by atoms with E-state index in [4.69, 9.17) is 4.74 Å². The number of para-hydroxylation sites is 1. The molecule has 1 aromatic heterocycles. The number of rotatable bonds is 5. The summed E-state index contributed by atoms with van der Waals surface area (Å²) in [6.07, 6.45) is 1.24. The smallest absolute Gasteiger partial charge is 0.0772 e. The number of aromatic amines is 1. The summed E-state index contributed by atoms with van der Waals surface area (Å²) in [7, 11) is 0. The van der Waals surface area contributed by atoms with Gasteiger partial charge in [-0.25, -0.2) is 0 Å². The molecule has 1 aliphatic rings. The highest BCUT2D eigenvalue weighted by Gasteiger charge is 2.27. The van der Waals surface area contributed by atoms with Crippen molar-refractivity contribution in [2.45, 2.75) is 25.0 Å². The zero-order valence-corrected chi connectivity index (χ0v) is 19.9. The number of ether oxygens (including phenoxy) is 1. The van der Waals surface area contributed by atoms with Gasteiger partial charge in [-0.05, 0) is 64.7 Å². The van der Waals surface area contributed by atoms with Crippen LogP contribution in [0.2, 0.25) is 0 Å². The number of hydrogen-bond donors (Lipinski definition) is 2. The van der Waals surface area contributed by atoms with Gasteiger partial charge < -0.3 is 15.0 Å². The summed E-state index contributed by atoms with van der Waals surface area (Å²) in [6.45, 7) is 2.54. The SMILES string of the molecule is Cl.c1cc(-c2cc3ccccc3[nH]2)cc([C@H]2CCNC[C@@H]2OCc2ccc3ccccc3c2)c1. The van der Waals surface area contributed by atoms with E-state index in [9.17, 15) is 0 Å². The number of nitrogens with one attached hydrogen (secondary N) is 2. The molecule has 172 valence electrons. The molecule has 2 heterocycles. The van der Waals surface area contributed by atoms with Crippen molar-refractivity contribution in [3.8, 4) is 11.3 Å². The van der Waals surface area contributed by atoms with Gasteiger partial charge in [0.15, 0.2) is 0 Å². The van der Waals surface area contributed by atoms with Gasteiger partial charge in [0.05, 0.1) is 12.7 Å². The van der Waals surface area contributed by atoms with Crippen LogP contribution in [0.1, 0.15) is 23.5 Å². The Morgan fingerprint density at radius 3 is 2.47 bits per heavy atom. The Bertz CT molecular complexity index is 1380. The van der Waals surface area contributed by atoms with Crippen LogP contribution in [0.15, 0.2) is 97.1 Å². The van der Waals surface area contributed by atoms with Crippen LogP contribution < -0.4 is 5.32 Å². The average molecular weight is 469 g/mol. The van der Waals surface area contributed by atoms with E-state index in [0.29, 0.717) is 12.5 Å². The lowest BCUT2D eigenvalue weighted by atomic mass is 9.86. The molecule has 3 nitrogen and oxygen atoms in total. The monoisotopic (exact) mass is 468 g/mol. The van der Waals surface area contributed by atoms with Gasteiger partial charge in [-0.1, -0.05) is 72.8 Å². The molecule has 0 amide bonds. The van der Waals surface area contributed by atoms with Gasteiger partial charge in [-0.3, -0.25) is 0 Å². The number of aromatic nitrogens is 1. The predicted molar refractivity (Wildman–Crippen MR) is 144 cm³/mol. The molecule has 1 fully saturated rings. The van der Waals surface area contributed by atoms with E-state index in [0.717, 1.165) is 19.5 Å². The third-order valence-electron chi connectivity index (χ3n) is 6.86. The van der Waals surface area contributed by atoms with Crippen LogP contribution in [-0.4, -0.2) is 24.2 Å². The molecule has 0 bridgehead atoms. The van der Waals surface area contributed by atoms with Gasteiger partial charge in [0.25, 0.3) is 0 Å².